The van der Waals surface area contributed by atoms with Crippen LogP contribution in [0.4, 0.5) is 4.79 Å². The number of nitrogens with two attached hydrogens (primary N) is 1. The van der Waals surface area contributed by atoms with Crippen LogP contribution in [0.3, 0.4) is 0 Å². The molecule has 4 rings (SSSR count). The minimum atomic E-state index is -0.535. The number of nitrogens with zero attached hydrogens (tertiary/aromatic N) is 1. The van der Waals surface area contributed by atoms with Crippen LogP contribution in [0.2, 0.25) is 0 Å². The molecule has 5 N–H and O–H groups in total. The largest absolute Gasteiger partial charge is 0.468 e. The molecular weight excluding hydrogens is 494 g/mol. The van der Waals surface area contributed by atoms with Crippen LogP contribution in [0.5, 0.6) is 11.5 Å². The van der Waals surface area contributed by atoms with Gasteiger partial charge in [0, 0.05) is 30.9 Å². The number of hydrogen-bond acceptors (Lipinski definition) is 9. The number of aromatic nitrogens is 2. The first kappa shape index (κ1) is 26.4. The Labute approximate surface area is 218 Å². The zero-order valence-corrected chi connectivity index (χ0v) is 21.1. The number of ether oxygens (including phenoxy) is 2. The quantitative estimate of drug-likeness (QED) is 0.263. The first-order valence-corrected chi connectivity index (χ1v) is 12.7. The number of H-pyrrole nitrogens is 1. The number of methoxy groups -OCH3 is 1. The van der Waals surface area contributed by atoms with E-state index in [-0.39, 0.29) is 23.2 Å². The average molecular weight is 524 g/mol. The minimum absolute atomic E-state index is 0.189. The fourth-order valence-corrected chi connectivity index (χ4v) is 4.79. The van der Waals surface area contributed by atoms with E-state index in [1.807, 2.05) is 48.5 Å². The van der Waals surface area contributed by atoms with Gasteiger partial charge in [0.05, 0.1) is 18.7 Å². The molecular formula is C26H29N5O5S. The number of imide groups is 1. The van der Waals surface area contributed by atoms with Crippen LogP contribution >= 0.6 is 11.8 Å². The highest BCUT2D eigenvalue weighted by Crippen LogP contribution is 2.26. The number of carbonyl (C=O) groups excluding carboxylic acids is 3. The topological polar surface area (TPSA) is 148 Å². The van der Waals surface area contributed by atoms with Gasteiger partial charge in [-0.25, -0.2) is 4.98 Å². The predicted molar refractivity (Wildman–Crippen MR) is 139 cm³/mol. The summed E-state index contributed by atoms with van der Waals surface area (Å²) in [5.41, 5.74) is 9.01. The Balaban J connectivity index is 1.29. The van der Waals surface area contributed by atoms with Gasteiger partial charge in [-0.1, -0.05) is 36.0 Å². The number of carbonyl (C=O) groups is 3. The number of hydrogen-bond donors (Lipinski definition) is 4. The zero-order valence-electron chi connectivity index (χ0n) is 20.3. The van der Waals surface area contributed by atoms with E-state index < -0.39 is 11.3 Å². The molecule has 0 saturated carbocycles. The van der Waals surface area contributed by atoms with Gasteiger partial charge in [-0.05, 0) is 48.2 Å². The molecule has 2 aromatic carbocycles. The Morgan fingerprint density at radius 1 is 1.08 bits per heavy atom. The second-order valence-electron chi connectivity index (χ2n) is 8.71. The standard InChI is InChI=1S/C26H29N5O5S/c1-35-25(33)22(29-13-18(27)12-19-14-28-15-30-19)10-16-2-6-20(7-3-16)36-21-8-4-17(5-9-21)11-23-24(32)31-26(34)37-23/h2-9,14-15,18,22-23,29H,10-13,27H2,1H3,(H,28,30)(H,31,32,34). The molecule has 3 unspecified atom stereocenters. The third-order valence-electron chi connectivity index (χ3n) is 5.86. The van der Waals surface area contributed by atoms with Gasteiger partial charge in [-0.2, -0.15) is 0 Å². The molecule has 1 fully saturated rings. The van der Waals surface area contributed by atoms with Gasteiger partial charge in [0.25, 0.3) is 5.24 Å². The molecule has 0 aliphatic carbocycles. The summed E-state index contributed by atoms with van der Waals surface area (Å²) in [6.45, 7) is 0.441. The average Bonchev–Trinajstić information content (AvgIpc) is 3.52. The van der Waals surface area contributed by atoms with E-state index in [2.05, 4.69) is 20.6 Å². The summed E-state index contributed by atoms with van der Waals surface area (Å²) in [5.74, 6) is 0.692. The fraction of sp³-hybridized carbons (Fsp3) is 0.308. The highest BCUT2D eigenvalue weighted by atomic mass is 32.2. The summed E-state index contributed by atoms with van der Waals surface area (Å²) in [6, 6.07) is 14.2. The number of benzene rings is 2. The molecule has 11 heteroatoms. The maximum atomic E-state index is 12.3. The van der Waals surface area contributed by atoms with Crippen molar-refractivity contribution in [3.8, 4) is 11.5 Å². The molecule has 3 atom stereocenters. The van der Waals surface area contributed by atoms with Crippen LogP contribution in [-0.2, 0) is 33.6 Å². The Morgan fingerprint density at radius 2 is 1.76 bits per heavy atom. The first-order chi connectivity index (χ1) is 17.9. The van der Waals surface area contributed by atoms with Gasteiger partial charge < -0.3 is 25.5 Å². The number of esters is 1. The van der Waals surface area contributed by atoms with E-state index in [0.29, 0.717) is 37.3 Å². The molecule has 2 amide bonds. The zero-order chi connectivity index (χ0) is 26.2. The SMILES string of the molecule is COC(=O)C(Cc1ccc(Oc2ccc(CC3SC(=O)NC3=O)cc2)cc1)NCC(N)Cc1cnc[nH]1. The third kappa shape index (κ3) is 7.66. The highest BCUT2D eigenvalue weighted by Gasteiger charge is 2.31. The summed E-state index contributed by atoms with van der Waals surface area (Å²) >= 11 is 1.01. The van der Waals surface area contributed by atoms with Gasteiger partial charge in [0.2, 0.25) is 5.91 Å². The molecule has 1 aliphatic rings. The molecule has 1 saturated heterocycles. The number of amides is 2. The lowest BCUT2D eigenvalue weighted by Crippen LogP contribution is -2.46. The van der Waals surface area contributed by atoms with E-state index in [1.54, 1.807) is 12.5 Å². The lowest BCUT2D eigenvalue weighted by Gasteiger charge is -2.19. The fourth-order valence-electron chi connectivity index (χ4n) is 3.93. The van der Waals surface area contributed by atoms with Crippen molar-refractivity contribution in [3.05, 3.63) is 77.9 Å². The molecule has 3 aromatic rings. The van der Waals surface area contributed by atoms with Crippen LogP contribution in [-0.4, -0.2) is 58.1 Å². The van der Waals surface area contributed by atoms with Crippen LogP contribution in [0.1, 0.15) is 16.8 Å². The molecule has 1 aromatic heterocycles. The molecule has 0 spiro atoms. The van der Waals surface area contributed by atoms with Crippen LogP contribution < -0.4 is 21.1 Å². The molecule has 194 valence electrons. The Morgan fingerprint density at radius 3 is 2.32 bits per heavy atom. The van der Waals surface area contributed by atoms with E-state index in [4.69, 9.17) is 15.2 Å². The summed E-state index contributed by atoms with van der Waals surface area (Å²) in [7, 11) is 1.37. The van der Waals surface area contributed by atoms with Crippen molar-refractivity contribution in [2.75, 3.05) is 13.7 Å². The summed E-state index contributed by atoms with van der Waals surface area (Å²) in [5, 5.41) is 4.80. The van der Waals surface area contributed by atoms with E-state index in [0.717, 1.165) is 28.6 Å². The van der Waals surface area contributed by atoms with E-state index in [9.17, 15) is 14.4 Å². The molecule has 0 bridgehead atoms. The number of thioether (sulfide) groups is 1. The second-order valence-corrected chi connectivity index (χ2v) is 9.88. The van der Waals surface area contributed by atoms with Crippen molar-refractivity contribution in [2.45, 2.75) is 36.6 Å². The molecule has 37 heavy (non-hydrogen) atoms. The van der Waals surface area contributed by atoms with Crippen molar-refractivity contribution in [1.82, 2.24) is 20.6 Å². The Kier molecular flexibility index (Phi) is 8.94. The smallest absolute Gasteiger partial charge is 0.323 e. The van der Waals surface area contributed by atoms with Gasteiger partial charge in [-0.3, -0.25) is 19.7 Å². The molecule has 1 aliphatic heterocycles. The summed E-state index contributed by atoms with van der Waals surface area (Å²) in [6.07, 6.45) is 4.86. The van der Waals surface area contributed by atoms with Gasteiger partial charge in [0.15, 0.2) is 0 Å². The summed E-state index contributed by atoms with van der Waals surface area (Å²) in [4.78, 5) is 42.4. The van der Waals surface area contributed by atoms with Gasteiger partial charge >= 0.3 is 5.97 Å². The minimum Gasteiger partial charge on any atom is -0.468 e. The van der Waals surface area contributed by atoms with Crippen molar-refractivity contribution in [3.63, 3.8) is 0 Å². The Bertz CT molecular complexity index is 1200. The van der Waals surface area contributed by atoms with Crippen molar-refractivity contribution < 1.29 is 23.9 Å². The van der Waals surface area contributed by atoms with Gasteiger partial charge in [-0.15, -0.1) is 0 Å². The molecule has 0 radical (unpaired) electrons. The predicted octanol–water partition coefficient (Wildman–Crippen LogP) is 2.34. The first-order valence-electron chi connectivity index (χ1n) is 11.8. The monoisotopic (exact) mass is 523 g/mol. The third-order valence-corrected chi connectivity index (χ3v) is 6.84. The van der Waals surface area contributed by atoms with Crippen LogP contribution in [0.25, 0.3) is 0 Å². The normalized spacial score (nSPS) is 16.8. The van der Waals surface area contributed by atoms with Gasteiger partial charge in [0.1, 0.15) is 17.5 Å². The second kappa shape index (κ2) is 12.5. The van der Waals surface area contributed by atoms with Crippen molar-refractivity contribution in [1.29, 1.82) is 0 Å². The molecule has 10 nitrogen and oxygen atoms in total. The number of nitrogens with one attached hydrogen (secondary N) is 3. The maximum Gasteiger partial charge on any atom is 0.323 e. The number of rotatable bonds is 12. The number of imidazole rings is 1. The Hall–Kier alpha value is -3.67. The lowest BCUT2D eigenvalue weighted by atomic mass is 10.0. The van der Waals surface area contributed by atoms with Crippen molar-refractivity contribution in [2.24, 2.45) is 5.73 Å². The maximum absolute atomic E-state index is 12.3. The molecule has 2 heterocycles. The summed E-state index contributed by atoms with van der Waals surface area (Å²) < 4.78 is 10.9. The lowest BCUT2D eigenvalue weighted by molar-refractivity contribution is -0.143. The van der Waals surface area contributed by atoms with Crippen LogP contribution in [0, 0.1) is 0 Å². The van der Waals surface area contributed by atoms with Crippen molar-refractivity contribution >= 4 is 28.9 Å². The highest BCUT2D eigenvalue weighted by molar-refractivity contribution is 8.15. The van der Waals surface area contributed by atoms with Crippen LogP contribution in [0.15, 0.2) is 61.1 Å². The van der Waals surface area contributed by atoms with E-state index in [1.165, 1.54) is 7.11 Å². The number of aromatic amines is 1. The van der Waals surface area contributed by atoms with E-state index >= 15 is 0 Å².